The topological polar surface area (TPSA) is 0 Å². The lowest BCUT2D eigenvalue weighted by Gasteiger charge is -2.32. The van der Waals surface area contributed by atoms with Crippen molar-refractivity contribution in [3.05, 3.63) is 58.2 Å². The Bertz CT molecular complexity index is 677. The quantitative estimate of drug-likeness (QED) is 0.604. The van der Waals surface area contributed by atoms with Gasteiger partial charge in [0.1, 0.15) is 10.7 Å². The number of hydrogen-bond acceptors (Lipinski definition) is 0. The highest BCUT2D eigenvalue weighted by Gasteiger charge is 2.61. The fourth-order valence-corrected chi connectivity index (χ4v) is 4.62. The van der Waals surface area contributed by atoms with E-state index in [1.165, 1.54) is 18.2 Å². The first-order valence-corrected chi connectivity index (χ1v) is 7.80. The van der Waals surface area contributed by atoms with E-state index in [9.17, 15) is 8.78 Å². The second-order valence-corrected chi connectivity index (χ2v) is 7.21. The minimum absolute atomic E-state index is 0.241. The van der Waals surface area contributed by atoms with Gasteiger partial charge in [-0.2, -0.15) is 0 Å². The summed E-state index contributed by atoms with van der Waals surface area (Å²) in [5.74, 6) is -0.589. The van der Waals surface area contributed by atoms with E-state index in [0.29, 0.717) is 30.4 Å². The van der Waals surface area contributed by atoms with Crippen LogP contribution in [0.25, 0.3) is 0 Å². The van der Waals surface area contributed by atoms with Crippen molar-refractivity contribution in [1.29, 1.82) is 0 Å². The number of rotatable bonds is 2. The van der Waals surface area contributed by atoms with Crippen LogP contribution >= 0.6 is 23.2 Å². The Hall–Kier alpha value is -0.860. The van der Waals surface area contributed by atoms with Crippen molar-refractivity contribution >= 4 is 23.2 Å². The monoisotopic (exact) mass is 328 g/mol. The van der Waals surface area contributed by atoms with Crippen LogP contribution in [0.5, 0.6) is 0 Å². The van der Waals surface area contributed by atoms with E-state index in [-0.39, 0.29) is 11.6 Å². The SMILES string of the molecule is CC/C(F)=C\C1=C(C)CC2(Cl)Cc3ccc(F)cc3C12Cl. The summed E-state index contributed by atoms with van der Waals surface area (Å²) in [4.78, 5) is -1.79. The smallest absolute Gasteiger partial charge is 0.123 e. The molecule has 112 valence electrons. The minimum Gasteiger partial charge on any atom is -0.212 e. The summed E-state index contributed by atoms with van der Waals surface area (Å²) in [6.45, 7) is 3.66. The molecular weight excluding hydrogens is 313 g/mol. The van der Waals surface area contributed by atoms with Gasteiger partial charge < -0.3 is 0 Å². The summed E-state index contributed by atoms with van der Waals surface area (Å²) in [5, 5.41) is 0. The third kappa shape index (κ3) is 1.99. The number of alkyl halides is 2. The van der Waals surface area contributed by atoms with Crippen LogP contribution in [0.1, 0.15) is 37.8 Å². The molecule has 0 bridgehead atoms. The Morgan fingerprint density at radius 1 is 1.33 bits per heavy atom. The van der Waals surface area contributed by atoms with Crippen LogP contribution in [-0.2, 0) is 11.3 Å². The van der Waals surface area contributed by atoms with Crippen molar-refractivity contribution < 1.29 is 8.78 Å². The van der Waals surface area contributed by atoms with Gasteiger partial charge in [-0.1, -0.05) is 18.6 Å². The van der Waals surface area contributed by atoms with E-state index in [1.807, 2.05) is 6.92 Å². The van der Waals surface area contributed by atoms with Crippen LogP contribution < -0.4 is 0 Å². The molecule has 0 N–H and O–H groups in total. The third-order valence-corrected chi connectivity index (χ3v) is 5.96. The first-order valence-electron chi connectivity index (χ1n) is 7.05. The normalized spacial score (nSPS) is 31.6. The molecule has 0 aromatic heterocycles. The molecule has 0 fully saturated rings. The van der Waals surface area contributed by atoms with E-state index in [4.69, 9.17) is 23.2 Å². The number of benzene rings is 1. The second-order valence-electron chi connectivity index (χ2n) is 5.92. The molecule has 0 spiro atoms. The van der Waals surface area contributed by atoms with Gasteiger partial charge in [0, 0.05) is 0 Å². The van der Waals surface area contributed by atoms with E-state index in [0.717, 1.165) is 11.1 Å². The molecular formula is C17H16Cl2F2. The van der Waals surface area contributed by atoms with Gasteiger partial charge in [-0.05, 0) is 61.1 Å². The predicted molar refractivity (Wildman–Crippen MR) is 83.0 cm³/mol. The highest BCUT2D eigenvalue weighted by Crippen LogP contribution is 2.64. The van der Waals surface area contributed by atoms with E-state index >= 15 is 0 Å². The first kappa shape index (κ1) is 15.1. The van der Waals surface area contributed by atoms with Crippen LogP contribution in [-0.4, -0.2) is 4.87 Å². The maximum Gasteiger partial charge on any atom is 0.123 e. The fraction of sp³-hybridized carbons (Fsp3) is 0.412. The van der Waals surface area contributed by atoms with Crippen molar-refractivity contribution in [3.63, 3.8) is 0 Å². The van der Waals surface area contributed by atoms with Crippen molar-refractivity contribution in [2.45, 2.75) is 42.9 Å². The Kier molecular flexibility index (Phi) is 3.46. The van der Waals surface area contributed by atoms with Gasteiger partial charge in [0.15, 0.2) is 0 Å². The number of fused-ring (bicyclic) bond motifs is 3. The molecule has 0 amide bonds. The molecule has 0 saturated carbocycles. The molecule has 0 heterocycles. The van der Waals surface area contributed by atoms with Crippen LogP contribution in [0.15, 0.2) is 41.2 Å². The average Bonchev–Trinajstić information content (AvgIpc) is 2.75. The molecule has 0 radical (unpaired) electrons. The van der Waals surface area contributed by atoms with Crippen molar-refractivity contribution in [2.24, 2.45) is 0 Å². The zero-order chi connectivity index (χ0) is 15.4. The van der Waals surface area contributed by atoms with Crippen LogP contribution in [0.3, 0.4) is 0 Å². The van der Waals surface area contributed by atoms with E-state index in [2.05, 4.69) is 0 Å². The third-order valence-electron chi connectivity index (χ3n) is 4.55. The highest BCUT2D eigenvalue weighted by atomic mass is 35.5. The van der Waals surface area contributed by atoms with Gasteiger partial charge in [0.05, 0.1) is 10.7 Å². The largest absolute Gasteiger partial charge is 0.212 e. The van der Waals surface area contributed by atoms with Gasteiger partial charge in [-0.3, -0.25) is 0 Å². The summed E-state index contributed by atoms with van der Waals surface area (Å²) in [5.41, 5.74) is 3.27. The van der Waals surface area contributed by atoms with Gasteiger partial charge in [0.25, 0.3) is 0 Å². The van der Waals surface area contributed by atoms with Gasteiger partial charge in [0.2, 0.25) is 0 Å². The maximum atomic E-state index is 13.8. The number of allylic oxidation sites excluding steroid dienone is 4. The number of hydrogen-bond donors (Lipinski definition) is 0. The molecule has 21 heavy (non-hydrogen) atoms. The molecule has 0 aliphatic heterocycles. The molecule has 2 aliphatic rings. The standard InChI is InChI=1S/C17H16Cl2F2/c1-3-12(20)6-14-10(2)8-16(18)9-11-4-5-13(21)7-15(11)17(14,16)19/h4-7H,3,8-9H2,1-2H3/b12-6+. The van der Waals surface area contributed by atoms with Crippen molar-refractivity contribution in [3.8, 4) is 0 Å². The number of halogens is 4. The summed E-state index contributed by atoms with van der Waals surface area (Å²) in [6, 6.07) is 4.58. The molecule has 4 heteroatoms. The Morgan fingerprint density at radius 2 is 2.05 bits per heavy atom. The summed E-state index contributed by atoms with van der Waals surface area (Å²) < 4.78 is 27.5. The second kappa shape index (κ2) is 4.82. The summed E-state index contributed by atoms with van der Waals surface area (Å²) in [7, 11) is 0. The average molecular weight is 329 g/mol. The lowest BCUT2D eigenvalue weighted by Crippen LogP contribution is -2.36. The lowest BCUT2D eigenvalue weighted by molar-refractivity contribution is 0.534. The fourth-order valence-electron chi connectivity index (χ4n) is 3.55. The Morgan fingerprint density at radius 3 is 2.71 bits per heavy atom. The van der Waals surface area contributed by atoms with Gasteiger partial charge in [-0.25, -0.2) is 8.78 Å². The van der Waals surface area contributed by atoms with Gasteiger partial charge in [-0.15, -0.1) is 23.2 Å². The van der Waals surface area contributed by atoms with Crippen LogP contribution in [0.4, 0.5) is 8.78 Å². The summed E-state index contributed by atoms with van der Waals surface area (Å²) in [6.07, 6.45) is 2.93. The van der Waals surface area contributed by atoms with E-state index < -0.39 is 9.75 Å². The first-order chi connectivity index (χ1) is 9.81. The predicted octanol–water partition coefficient (Wildman–Crippen LogP) is 5.78. The molecule has 3 rings (SSSR count). The molecule has 2 atom stereocenters. The Labute approximate surface area is 133 Å². The van der Waals surface area contributed by atoms with Crippen LogP contribution in [0.2, 0.25) is 0 Å². The molecule has 1 aromatic carbocycles. The summed E-state index contributed by atoms with van der Waals surface area (Å²) >= 11 is 13.7. The maximum absolute atomic E-state index is 13.8. The molecule has 0 nitrogen and oxygen atoms in total. The molecule has 1 aromatic rings. The van der Waals surface area contributed by atoms with E-state index in [1.54, 1.807) is 13.0 Å². The molecule has 2 unspecified atom stereocenters. The minimum atomic E-state index is -1.05. The lowest BCUT2D eigenvalue weighted by atomic mass is 9.88. The van der Waals surface area contributed by atoms with Crippen molar-refractivity contribution in [1.82, 2.24) is 0 Å². The van der Waals surface area contributed by atoms with Gasteiger partial charge >= 0.3 is 0 Å². The highest BCUT2D eigenvalue weighted by molar-refractivity contribution is 6.38. The Balaban J connectivity index is 2.23. The molecule has 2 aliphatic carbocycles. The molecule has 0 saturated heterocycles. The zero-order valence-corrected chi connectivity index (χ0v) is 13.5. The zero-order valence-electron chi connectivity index (χ0n) is 11.9. The van der Waals surface area contributed by atoms with Crippen LogP contribution in [0, 0.1) is 5.82 Å². The van der Waals surface area contributed by atoms with Crippen molar-refractivity contribution in [2.75, 3.05) is 0 Å².